The van der Waals surface area contributed by atoms with Gasteiger partial charge in [-0.1, -0.05) is 60.7 Å². The summed E-state index contributed by atoms with van der Waals surface area (Å²) >= 11 is 0. The van der Waals surface area contributed by atoms with Crippen LogP contribution in [-0.4, -0.2) is 43.6 Å². The number of anilines is 2. The normalized spacial score (nSPS) is 14.8. The topological polar surface area (TPSA) is 65.0 Å². The number of rotatable bonds is 7. The van der Waals surface area contributed by atoms with Crippen LogP contribution < -0.4 is 10.2 Å². The van der Waals surface area contributed by atoms with Crippen LogP contribution in [0.2, 0.25) is 0 Å². The molecule has 190 valence electrons. The zero-order chi connectivity index (χ0) is 26.6. The summed E-state index contributed by atoms with van der Waals surface area (Å²) in [6.07, 6.45) is 0. The van der Waals surface area contributed by atoms with E-state index in [1.807, 2.05) is 93.0 Å². The fourth-order valence-corrected chi connectivity index (χ4v) is 4.71. The molecule has 4 aromatic rings. The molecule has 6 nitrogen and oxygen atoms in total. The molecule has 1 aliphatic heterocycles. The van der Waals surface area contributed by atoms with E-state index in [0.717, 1.165) is 29.0 Å². The van der Waals surface area contributed by atoms with Crippen molar-refractivity contribution in [2.24, 2.45) is 4.99 Å². The highest BCUT2D eigenvalue weighted by Crippen LogP contribution is 2.37. The molecule has 2 amide bonds. The summed E-state index contributed by atoms with van der Waals surface area (Å²) in [5.74, 6) is -0.955. The molecule has 0 saturated heterocycles. The minimum absolute atomic E-state index is 0.147. The van der Waals surface area contributed by atoms with E-state index in [2.05, 4.69) is 22.3 Å². The highest BCUT2D eigenvalue weighted by atomic mass is 16.2. The molecule has 0 aromatic heterocycles. The Kier molecular flexibility index (Phi) is 7.15. The van der Waals surface area contributed by atoms with E-state index >= 15 is 0 Å². The maximum atomic E-state index is 13.4. The van der Waals surface area contributed by atoms with Crippen molar-refractivity contribution >= 4 is 34.6 Å². The first kappa shape index (κ1) is 25.1. The van der Waals surface area contributed by atoms with Gasteiger partial charge >= 0.3 is 0 Å². The molecule has 0 spiro atoms. The average molecular weight is 503 g/mol. The van der Waals surface area contributed by atoms with Crippen LogP contribution in [0.1, 0.15) is 33.0 Å². The van der Waals surface area contributed by atoms with Gasteiger partial charge < -0.3 is 15.1 Å². The predicted molar refractivity (Wildman–Crippen MR) is 153 cm³/mol. The number of nitrogens with one attached hydrogen (secondary N) is 1. The monoisotopic (exact) mass is 502 g/mol. The van der Waals surface area contributed by atoms with Gasteiger partial charge in [0, 0.05) is 30.5 Å². The van der Waals surface area contributed by atoms with Gasteiger partial charge in [0.05, 0.1) is 11.4 Å². The van der Waals surface area contributed by atoms with Crippen molar-refractivity contribution in [3.8, 4) is 0 Å². The van der Waals surface area contributed by atoms with Crippen LogP contribution in [0.15, 0.2) is 108 Å². The minimum Gasteiger partial charge on any atom is -0.325 e. The fourth-order valence-electron chi connectivity index (χ4n) is 4.71. The molecular formula is C32H30N4O2. The fraction of sp³-hybridized carbons (Fsp3) is 0.156. The Bertz CT molecular complexity index is 1480. The van der Waals surface area contributed by atoms with Crippen molar-refractivity contribution in [1.29, 1.82) is 0 Å². The van der Waals surface area contributed by atoms with E-state index in [9.17, 15) is 9.59 Å². The molecule has 0 saturated carbocycles. The third kappa shape index (κ3) is 5.26. The first-order valence-corrected chi connectivity index (χ1v) is 12.6. The smallest absolute Gasteiger partial charge is 0.258 e. The number of carbonyl (C=O) groups excluding carboxylic acids is 2. The Balaban J connectivity index is 1.54. The molecule has 0 bridgehead atoms. The zero-order valence-corrected chi connectivity index (χ0v) is 21.8. The van der Waals surface area contributed by atoms with Crippen molar-refractivity contribution in [2.75, 3.05) is 31.4 Å². The largest absolute Gasteiger partial charge is 0.325 e. The van der Waals surface area contributed by atoms with Gasteiger partial charge in [0.2, 0.25) is 5.91 Å². The number of nitrogens with zero attached hydrogens (tertiary/aromatic N) is 3. The molecule has 0 radical (unpaired) electrons. The summed E-state index contributed by atoms with van der Waals surface area (Å²) in [6, 6.07) is 32.7. The molecule has 1 N–H and O–H groups in total. The van der Waals surface area contributed by atoms with Gasteiger partial charge in [0.15, 0.2) is 0 Å². The number of hydrogen-bond acceptors (Lipinski definition) is 4. The number of carbonyl (C=O) groups is 2. The lowest BCUT2D eigenvalue weighted by Gasteiger charge is -2.18. The number of aliphatic imine (C=N–C) groups is 1. The molecule has 1 unspecified atom stereocenters. The average Bonchev–Trinajstić information content (AvgIpc) is 3.27. The van der Waals surface area contributed by atoms with Crippen LogP contribution in [0, 0.1) is 0 Å². The Labute approximate surface area is 223 Å². The van der Waals surface area contributed by atoms with Gasteiger partial charge in [-0.2, -0.15) is 0 Å². The van der Waals surface area contributed by atoms with Crippen molar-refractivity contribution < 1.29 is 9.59 Å². The number of benzene rings is 4. The second-order valence-electron chi connectivity index (χ2n) is 9.69. The molecule has 1 aliphatic rings. The van der Waals surface area contributed by atoms with Crippen molar-refractivity contribution in [3.05, 3.63) is 125 Å². The molecule has 5 rings (SSSR count). The SMILES string of the molecule is CN(C)Cc1ccc(N=C(c2ccccc2)C2C(=O)Nc3ccc(C(=O)N(C)c4ccccc4)cc32)cc1. The van der Waals surface area contributed by atoms with Crippen LogP contribution in [0.3, 0.4) is 0 Å². The Morgan fingerprint density at radius 1 is 0.816 bits per heavy atom. The second-order valence-corrected chi connectivity index (χ2v) is 9.69. The van der Waals surface area contributed by atoms with Crippen molar-refractivity contribution in [3.63, 3.8) is 0 Å². The van der Waals surface area contributed by atoms with E-state index in [1.54, 1.807) is 24.1 Å². The Morgan fingerprint density at radius 2 is 1.47 bits per heavy atom. The van der Waals surface area contributed by atoms with Crippen LogP contribution in [-0.2, 0) is 11.3 Å². The van der Waals surface area contributed by atoms with Gasteiger partial charge in [0.25, 0.3) is 5.91 Å². The molecule has 0 fully saturated rings. The van der Waals surface area contributed by atoms with E-state index in [0.29, 0.717) is 17.0 Å². The Morgan fingerprint density at radius 3 is 2.13 bits per heavy atom. The number of para-hydroxylation sites is 1. The lowest BCUT2D eigenvalue weighted by molar-refractivity contribution is -0.115. The van der Waals surface area contributed by atoms with E-state index in [1.165, 1.54) is 5.56 Å². The second kappa shape index (κ2) is 10.8. The highest BCUT2D eigenvalue weighted by Gasteiger charge is 2.36. The molecule has 6 heteroatoms. The first-order valence-electron chi connectivity index (χ1n) is 12.6. The summed E-state index contributed by atoms with van der Waals surface area (Å²) in [7, 11) is 5.82. The van der Waals surface area contributed by atoms with Gasteiger partial charge in [-0.3, -0.25) is 14.6 Å². The third-order valence-electron chi connectivity index (χ3n) is 6.61. The Hall–Kier alpha value is -4.55. The molecule has 1 atom stereocenters. The summed E-state index contributed by atoms with van der Waals surface area (Å²) < 4.78 is 0. The maximum Gasteiger partial charge on any atom is 0.258 e. The summed E-state index contributed by atoms with van der Waals surface area (Å²) in [6.45, 7) is 0.835. The third-order valence-corrected chi connectivity index (χ3v) is 6.61. The van der Waals surface area contributed by atoms with Gasteiger partial charge in [-0.05, 0) is 73.3 Å². The first-order chi connectivity index (χ1) is 18.4. The van der Waals surface area contributed by atoms with E-state index in [4.69, 9.17) is 4.99 Å². The van der Waals surface area contributed by atoms with Crippen LogP contribution >= 0.6 is 0 Å². The van der Waals surface area contributed by atoms with Crippen LogP contribution in [0.4, 0.5) is 17.1 Å². The minimum atomic E-state index is -0.649. The quantitative estimate of drug-likeness (QED) is 0.321. The molecular weight excluding hydrogens is 472 g/mol. The van der Waals surface area contributed by atoms with Crippen molar-refractivity contribution in [2.45, 2.75) is 12.5 Å². The van der Waals surface area contributed by atoms with Gasteiger partial charge in [-0.25, -0.2) is 0 Å². The van der Waals surface area contributed by atoms with Gasteiger partial charge in [0.1, 0.15) is 5.92 Å². The summed E-state index contributed by atoms with van der Waals surface area (Å²) in [5, 5.41) is 2.99. The molecule has 38 heavy (non-hydrogen) atoms. The van der Waals surface area contributed by atoms with E-state index in [-0.39, 0.29) is 11.8 Å². The van der Waals surface area contributed by atoms with E-state index < -0.39 is 5.92 Å². The van der Waals surface area contributed by atoms with Crippen molar-refractivity contribution in [1.82, 2.24) is 4.90 Å². The predicted octanol–water partition coefficient (Wildman–Crippen LogP) is 5.88. The molecule has 0 aliphatic carbocycles. The van der Waals surface area contributed by atoms with Crippen LogP contribution in [0.25, 0.3) is 0 Å². The lowest BCUT2D eigenvalue weighted by Crippen LogP contribution is -2.26. The van der Waals surface area contributed by atoms with Gasteiger partial charge in [-0.15, -0.1) is 0 Å². The maximum absolute atomic E-state index is 13.4. The zero-order valence-electron chi connectivity index (χ0n) is 21.8. The molecule has 1 heterocycles. The standard InChI is InChI=1S/C32H30N4O2/c1-35(2)21-22-14-17-25(18-15-22)33-30(23-10-6-4-7-11-23)29-27-20-24(16-19-28(27)34-31(29)37)32(38)36(3)26-12-8-5-9-13-26/h4-20,29H,21H2,1-3H3,(H,34,37). The number of amides is 2. The number of fused-ring (bicyclic) bond motifs is 1. The summed E-state index contributed by atoms with van der Waals surface area (Å²) in [4.78, 5) is 35.4. The highest BCUT2D eigenvalue weighted by molar-refractivity contribution is 6.24. The van der Waals surface area contributed by atoms with Crippen LogP contribution in [0.5, 0.6) is 0 Å². The lowest BCUT2D eigenvalue weighted by atomic mass is 9.89. The molecule has 4 aromatic carbocycles. The summed E-state index contributed by atoms with van der Waals surface area (Å²) in [5.41, 5.74) is 6.20. The number of hydrogen-bond donors (Lipinski definition) is 1.